The van der Waals surface area contributed by atoms with Crippen molar-refractivity contribution in [2.45, 2.75) is 6.92 Å². The topological polar surface area (TPSA) is 30.7 Å². The molecule has 0 atom stereocenters. The number of pyridine rings is 1. The number of hydrogen-bond acceptors (Lipinski definition) is 2. The predicted molar refractivity (Wildman–Crippen MR) is 53.8 cm³/mol. The largest absolute Gasteiger partial charge is 0.247 e. The molecule has 13 heavy (non-hydrogen) atoms. The molecule has 0 aliphatic rings. The zero-order chi connectivity index (χ0) is 9.26. The molecule has 4 heteroatoms. The molecule has 0 fully saturated rings. The van der Waals surface area contributed by atoms with E-state index >= 15 is 0 Å². The summed E-state index contributed by atoms with van der Waals surface area (Å²) in [6.45, 7) is 1.96. The highest BCUT2D eigenvalue weighted by atomic mass is 79.9. The lowest BCUT2D eigenvalue weighted by atomic mass is 10.4. The highest BCUT2D eigenvalue weighted by molar-refractivity contribution is 9.10. The Morgan fingerprint density at radius 2 is 2.15 bits per heavy atom. The van der Waals surface area contributed by atoms with Crippen LogP contribution in [0.3, 0.4) is 0 Å². The number of nitrogens with zero attached hydrogens (tertiary/aromatic N) is 3. The lowest BCUT2D eigenvalue weighted by Crippen LogP contribution is -1.95. The van der Waals surface area contributed by atoms with E-state index in [1.165, 1.54) is 0 Å². The summed E-state index contributed by atoms with van der Waals surface area (Å²) in [5.41, 5.74) is 1.97. The first-order chi connectivity index (χ1) is 6.25. The van der Waals surface area contributed by atoms with Crippen molar-refractivity contribution in [1.82, 2.24) is 14.8 Å². The Balaban J connectivity index is 2.41. The fourth-order valence-electron chi connectivity index (χ4n) is 1.06. The van der Waals surface area contributed by atoms with E-state index in [9.17, 15) is 0 Å². The van der Waals surface area contributed by atoms with E-state index in [1.54, 1.807) is 10.9 Å². The maximum absolute atomic E-state index is 4.27. The van der Waals surface area contributed by atoms with Crippen molar-refractivity contribution < 1.29 is 0 Å². The lowest BCUT2D eigenvalue weighted by Gasteiger charge is -1.99. The monoisotopic (exact) mass is 237 g/mol. The van der Waals surface area contributed by atoms with Crippen molar-refractivity contribution >= 4 is 15.9 Å². The van der Waals surface area contributed by atoms with Crippen LogP contribution in [0.5, 0.6) is 0 Å². The number of aryl methyl sites for hydroxylation is 1. The van der Waals surface area contributed by atoms with Crippen molar-refractivity contribution in [1.29, 1.82) is 0 Å². The quantitative estimate of drug-likeness (QED) is 0.714. The fraction of sp³-hybridized carbons (Fsp3) is 0.111. The van der Waals surface area contributed by atoms with Crippen LogP contribution in [0.2, 0.25) is 0 Å². The molecule has 0 aliphatic carbocycles. The van der Waals surface area contributed by atoms with Gasteiger partial charge in [0.1, 0.15) is 4.60 Å². The van der Waals surface area contributed by atoms with E-state index in [0.717, 1.165) is 16.0 Å². The summed E-state index contributed by atoms with van der Waals surface area (Å²) >= 11 is 3.28. The second-order valence-electron chi connectivity index (χ2n) is 2.74. The highest BCUT2D eigenvalue weighted by Crippen LogP contribution is 2.09. The van der Waals surface area contributed by atoms with E-state index in [2.05, 4.69) is 26.0 Å². The number of rotatable bonds is 1. The molecule has 2 heterocycles. The smallest absolute Gasteiger partial charge is 0.106 e. The average Bonchev–Trinajstić information content (AvgIpc) is 2.53. The Morgan fingerprint density at radius 3 is 2.69 bits per heavy atom. The molecule has 0 saturated heterocycles. The van der Waals surface area contributed by atoms with Gasteiger partial charge in [0.25, 0.3) is 0 Å². The van der Waals surface area contributed by atoms with E-state index in [0.29, 0.717) is 0 Å². The minimum absolute atomic E-state index is 0.833. The summed E-state index contributed by atoms with van der Waals surface area (Å²) in [6, 6.07) is 5.82. The van der Waals surface area contributed by atoms with Crippen molar-refractivity contribution in [2.24, 2.45) is 0 Å². The molecule has 0 amide bonds. The van der Waals surface area contributed by atoms with Crippen LogP contribution in [0, 0.1) is 6.92 Å². The first kappa shape index (κ1) is 8.44. The molecule has 0 aromatic carbocycles. The van der Waals surface area contributed by atoms with E-state index < -0.39 is 0 Å². The molecule has 3 nitrogen and oxygen atoms in total. The molecule has 0 saturated carbocycles. The zero-order valence-electron chi connectivity index (χ0n) is 7.11. The molecule has 2 rings (SSSR count). The summed E-state index contributed by atoms with van der Waals surface area (Å²) in [4.78, 5) is 4.12. The van der Waals surface area contributed by atoms with Gasteiger partial charge >= 0.3 is 0 Å². The summed E-state index contributed by atoms with van der Waals surface area (Å²) in [6.07, 6.45) is 3.69. The molecule has 66 valence electrons. The van der Waals surface area contributed by atoms with E-state index in [-0.39, 0.29) is 0 Å². The minimum Gasteiger partial charge on any atom is -0.247 e. The molecule has 0 bridgehead atoms. The van der Waals surface area contributed by atoms with Gasteiger partial charge in [-0.15, -0.1) is 0 Å². The van der Waals surface area contributed by atoms with Crippen LogP contribution >= 0.6 is 15.9 Å². The fourth-order valence-corrected chi connectivity index (χ4v) is 1.30. The zero-order valence-corrected chi connectivity index (χ0v) is 8.69. The predicted octanol–water partition coefficient (Wildman–Crippen LogP) is 2.34. The Morgan fingerprint density at radius 1 is 1.31 bits per heavy atom. The van der Waals surface area contributed by atoms with Crippen LogP contribution in [-0.4, -0.2) is 14.8 Å². The molecule has 2 aromatic heterocycles. The summed E-state index contributed by atoms with van der Waals surface area (Å²) in [7, 11) is 0. The van der Waals surface area contributed by atoms with Gasteiger partial charge < -0.3 is 0 Å². The van der Waals surface area contributed by atoms with Gasteiger partial charge in [-0.05, 0) is 41.1 Å². The lowest BCUT2D eigenvalue weighted by molar-refractivity contribution is 0.856. The molecule has 0 spiro atoms. The first-order valence-electron chi connectivity index (χ1n) is 3.90. The van der Waals surface area contributed by atoms with Gasteiger partial charge in [-0.25, -0.2) is 9.67 Å². The maximum Gasteiger partial charge on any atom is 0.106 e. The van der Waals surface area contributed by atoms with Crippen molar-refractivity contribution in [3.63, 3.8) is 0 Å². The second-order valence-corrected chi connectivity index (χ2v) is 3.55. The van der Waals surface area contributed by atoms with Gasteiger partial charge in [-0.2, -0.15) is 5.10 Å². The summed E-state index contributed by atoms with van der Waals surface area (Å²) in [5, 5.41) is 4.27. The van der Waals surface area contributed by atoms with Crippen LogP contribution in [-0.2, 0) is 0 Å². The Kier molecular flexibility index (Phi) is 2.14. The molecular weight excluding hydrogens is 230 g/mol. The van der Waals surface area contributed by atoms with Gasteiger partial charge in [-0.3, -0.25) is 0 Å². The molecule has 0 unspecified atom stereocenters. The normalized spacial score (nSPS) is 10.3. The van der Waals surface area contributed by atoms with Gasteiger partial charge in [0.15, 0.2) is 0 Å². The first-order valence-corrected chi connectivity index (χ1v) is 4.69. The summed E-state index contributed by atoms with van der Waals surface area (Å²) in [5.74, 6) is 0. The van der Waals surface area contributed by atoms with Gasteiger partial charge in [0.2, 0.25) is 0 Å². The average molecular weight is 238 g/mol. The minimum atomic E-state index is 0.833. The van der Waals surface area contributed by atoms with Gasteiger partial charge in [0.05, 0.1) is 17.6 Å². The SMILES string of the molecule is Cc1ccn(-c2ccc(Br)nc2)n1. The Labute approximate surface area is 84.5 Å². The summed E-state index contributed by atoms with van der Waals surface area (Å²) < 4.78 is 2.63. The van der Waals surface area contributed by atoms with Crippen LogP contribution in [0.4, 0.5) is 0 Å². The third-order valence-corrected chi connectivity index (χ3v) is 2.17. The van der Waals surface area contributed by atoms with Crippen LogP contribution < -0.4 is 0 Å². The van der Waals surface area contributed by atoms with Crippen molar-refractivity contribution in [3.8, 4) is 5.69 Å². The number of aromatic nitrogens is 3. The third-order valence-electron chi connectivity index (χ3n) is 1.70. The number of hydrogen-bond donors (Lipinski definition) is 0. The van der Waals surface area contributed by atoms with Gasteiger partial charge in [0, 0.05) is 6.20 Å². The number of halogens is 1. The van der Waals surface area contributed by atoms with Crippen molar-refractivity contribution in [3.05, 3.63) is 40.9 Å². The molecule has 0 N–H and O–H groups in total. The van der Waals surface area contributed by atoms with E-state index in [1.807, 2.05) is 31.3 Å². The molecule has 0 aliphatic heterocycles. The molecule has 2 aromatic rings. The van der Waals surface area contributed by atoms with Gasteiger partial charge in [-0.1, -0.05) is 0 Å². The van der Waals surface area contributed by atoms with Crippen molar-refractivity contribution in [2.75, 3.05) is 0 Å². The maximum atomic E-state index is 4.27. The Hall–Kier alpha value is -1.16. The van der Waals surface area contributed by atoms with Crippen LogP contribution in [0.15, 0.2) is 35.2 Å². The third kappa shape index (κ3) is 1.78. The second kappa shape index (κ2) is 3.30. The van der Waals surface area contributed by atoms with Crippen LogP contribution in [0.25, 0.3) is 5.69 Å². The highest BCUT2D eigenvalue weighted by Gasteiger charge is 1.97. The standard InChI is InChI=1S/C9H8BrN3/c1-7-4-5-13(12-7)8-2-3-9(10)11-6-8/h2-6H,1H3. The van der Waals surface area contributed by atoms with Crippen LogP contribution in [0.1, 0.15) is 5.69 Å². The molecular formula is C9H8BrN3. The Bertz CT molecular complexity index is 405. The molecule has 0 radical (unpaired) electrons. The van der Waals surface area contributed by atoms with E-state index in [4.69, 9.17) is 0 Å².